The fourth-order valence-electron chi connectivity index (χ4n) is 2.20. The molecule has 0 bridgehead atoms. The maximum absolute atomic E-state index is 11.9. The van der Waals surface area contributed by atoms with E-state index in [1.165, 1.54) is 0 Å². The van der Waals surface area contributed by atoms with E-state index in [1.54, 1.807) is 13.3 Å². The Morgan fingerprint density at radius 1 is 1.62 bits per heavy atom. The van der Waals surface area contributed by atoms with Gasteiger partial charge in [0.15, 0.2) is 0 Å². The zero-order valence-corrected chi connectivity index (χ0v) is 9.62. The lowest BCUT2D eigenvalue weighted by atomic mass is 10.2. The third kappa shape index (κ3) is 2.09. The van der Waals surface area contributed by atoms with Gasteiger partial charge in [0.05, 0.1) is 23.9 Å². The number of nitrogens with zero attached hydrogens (tertiary/aromatic N) is 1. The fraction of sp³-hybridized carbons (Fsp3) is 0.636. The molecule has 5 nitrogen and oxygen atoms in total. The summed E-state index contributed by atoms with van der Waals surface area (Å²) in [5.41, 5.74) is 1.41. The highest BCUT2D eigenvalue weighted by Crippen LogP contribution is 2.21. The van der Waals surface area contributed by atoms with Crippen LogP contribution in [-0.4, -0.2) is 35.4 Å². The Balaban J connectivity index is 2.00. The minimum Gasteiger partial charge on any atom is -0.379 e. The standard InChI is InChI=1S/C11H17N3O2/c1-7-8(6-12-14-7)11(15)13-9-4-3-5-10(9)16-2/h6,9-10H,3-5H2,1-2H3,(H,12,14)(H,13,15). The zero-order chi connectivity index (χ0) is 11.5. The van der Waals surface area contributed by atoms with Crippen LogP contribution in [0, 0.1) is 6.92 Å². The van der Waals surface area contributed by atoms with Crippen molar-refractivity contribution >= 4 is 5.91 Å². The summed E-state index contributed by atoms with van der Waals surface area (Å²) >= 11 is 0. The van der Waals surface area contributed by atoms with Crippen molar-refractivity contribution in [1.29, 1.82) is 0 Å². The number of nitrogens with one attached hydrogen (secondary N) is 2. The lowest BCUT2D eigenvalue weighted by Gasteiger charge is -2.19. The summed E-state index contributed by atoms with van der Waals surface area (Å²) in [5.74, 6) is -0.0693. The van der Waals surface area contributed by atoms with E-state index in [4.69, 9.17) is 4.74 Å². The van der Waals surface area contributed by atoms with E-state index in [9.17, 15) is 4.79 Å². The highest BCUT2D eigenvalue weighted by Gasteiger charge is 2.29. The first-order chi connectivity index (χ1) is 7.72. The maximum atomic E-state index is 11.9. The molecule has 2 N–H and O–H groups in total. The molecule has 88 valence electrons. The van der Waals surface area contributed by atoms with Gasteiger partial charge in [0.25, 0.3) is 5.91 Å². The molecule has 2 unspecified atom stereocenters. The monoisotopic (exact) mass is 223 g/mol. The van der Waals surface area contributed by atoms with Gasteiger partial charge in [0, 0.05) is 12.8 Å². The number of carbonyl (C=O) groups is 1. The van der Waals surface area contributed by atoms with E-state index in [0.717, 1.165) is 25.0 Å². The van der Waals surface area contributed by atoms with Crippen molar-refractivity contribution in [3.8, 4) is 0 Å². The van der Waals surface area contributed by atoms with E-state index in [1.807, 2.05) is 6.92 Å². The van der Waals surface area contributed by atoms with Gasteiger partial charge in [-0.3, -0.25) is 9.89 Å². The van der Waals surface area contributed by atoms with Crippen molar-refractivity contribution in [3.05, 3.63) is 17.5 Å². The second kappa shape index (κ2) is 4.65. The van der Waals surface area contributed by atoms with Gasteiger partial charge in [-0.05, 0) is 26.2 Å². The van der Waals surface area contributed by atoms with Crippen LogP contribution in [0.15, 0.2) is 6.20 Å². The van der Waals surface area contributed by atoms with Gasteiger partial charge < -0.3 is 10.1 Å². The third-order valence-electron chi connectivity index (χ3n) is 3.15. The third-order valence-corrected chi connectivity index (χ3v) is 3.15. The molecule has 0 spiro atoms. The predicted molar refractivity (Wildman–Crippen MR) is 59.2 cm³/mol. The number of hydrogen-bond donors (Lipinski definition) is 2. The normalized spacial score (nSPS) is 24.6. The Kier molecular flexibility index (Phi) is 3.24. The van der Waals surface area contributed by atoms with Crippen LogP contribution in [0.4, 0.5) is 0 Å². The summed E-state index contributed by atoms with van der Waals surface area (Å²) in [6, 6.07) is 0.131. The molecule has 0 aliphatic heterocycles. The molecule has 1 heterocycles. The maximum Gasteiger partial charge on any atom is 0.255 e. The molecule has 0 aromatic carbocycles. The first kappa shape index (κ1) is 11.1. The number of carbonyl (C=O) groups excluding carboxylic acids is 1. The molecular weight excluding hydrogens is 206 g/mol. The van der Waals surface area contributed by atoms with E-state index >= 15 is 0 Å². The molecule has 2 atom stereocenters. The first-order valence-corrected chi connectivity index (χ1v) is 5.56. The molecular formula is C11H17N3O2. The molecule has 2 rings (SSSR count). The van der Waals surface area contributed by atoms with E-state index in [-0.39, 0.29) is 18.1 Å². The number of ether oxygens (including phenoxy) is 1. The zero-order valence-electron chi connectivity index (χ0n) is 9.62. The van der Waals surface area contributed by atoms with Crippen molar-refractivity contribution in [2.75, 3.05) is 7.11 Å². The number of H-pyrrole nitrogens is 1. The number of methoxy groups -OCH3 is 1. The van der Waals surface area contributed by atoms with Gasteiger partial charge in [-0.15, -0.1) is 0 Å². The van der Waals surface area contributed by atoms with Crippen LogP contribution in [0.2, 0.25) is 0 Å². The highest BCUT2D eigenvalue weighted by atomic mass is 16.5. The van der Waals surface area contributed by atoms with Crippen LogP contribution in [0.5, 0.6) is 0 Å². The van der Waals surface area contributed by atoms with E-state index in [0.29, 0.717) is 5.56 Å². The fourth-order valence-corrected chi connectivity index (χ4v) is 2.20. The number of hydrogen-bond acceptors (Lipinski definition) is 3. The average Bonchev–Trinajstić information content (AvgIpc) is 2.86. The molecule has 1 aromatic heterocycles. The number of aromatic amines is 1. The molecule has 0 radical (unpaired) electrons. The second-order valence-corrected chi connectivity index (χ2v) is 4.19. The minimum absolute atomic E-state index is 0.0693. The van der Waals surface area contributed by atoms with Gasteiger partial charge in [0.1, 0.15) is 0 Å². The molecule has 1 saturated carbocycles. The largest absolute Gasteiger partial charge is 0.379 e. The molecule has 16 heavy (non-hydrogen) atoms. The van der Waals surface area contributed by atoms with Crippen LogP contribution < -0.4 is 5.32 Å². The summed E-state index contributed by atoms with van der Waals surface area (Å²) in [6.07, 6.45) is 4.82. The van der Waals surface area contributed by atoms with Crippen LogP contribution in [0.3, 0.4) is 0 Å². The van der Waals surface area contributed by atoms with Gasteiger partial charge >= 0.3 is 0 Å². The molecule has 1 aromatic rings. The number of rotatable bonds is 3. The van der Waals surface area contributed by atoms with Crippen LogP contribution >= 0.6 is 0 Å². The van der Waals surface area contributed by atoms with Crippen LogP contribution in [0.1, 0.15) is 35.3 Å². The van der Waals surface area contributed by atoms with E-state index < -0.39 is 0 Å². The SMILES string of the molecule is COC1CCCC1NC(=O)c1cn[nH]c1C. The van der Waals surface area contributed by atoms with Gasteiger partial charge in [-0.25, -0.2) is 0 Å². The van der Waals surface area contributed by atoms with Crippen molar-refractivity contribution in [2.45, 2.75) is 38.3 Å². The molecule has 1 amide bonds. The lowest BCUT2D eigenvalue weighted by Crippen LogP contribution is -2.40. The van der Waals surface area contributed by atoms with Gasteiger partial charge in [0.2, 0.25) is 0 Å². The van der Waals surface area contributed by atoms with Crippen molar-refractivity contribution in [3.63, 3.8) is 0 Å². The number of aromatic nitrogens is 2. The van der Waals surface area contributed by atoms with E-state index in [2.05, 4.69) is 15.5 Å². The molecule has 1 aliphatic rings. The smallest absolute Gasteiger partial charge is 0.255 e. The summed E-state index contributed by atoms with van der Waals surface area (Å²) < 4.78 is 5.33. The van der Waals surface area contributed by atoms with Gasteiger partial charge in [-0.2, -0.15) is 5.10 Å². The average molecular weight is 223 g/mol. The topological polar surface area (TPSA) is 67.0 Å². The Labute approximate surface area is 94.6 Å². The van der Waals surface area contributed by atoms with Gasteiger partial charge in [-0.1, -0.05) is 0 Å². The Hall–Kier alpha value is -1.36. The Morgan fingerprint density at radius 3 is 3.06 bits per heavy atom. The summed E-state index contributed by atoms with van der Waals surface area (Å²) in [7, 11) is 1.69. The summed E-state index contributed by atoms with van der Waals surface area (Å²) in [6.45, 7) is 1.84. The highest BCUT2D eigenvalue weighted by molar-refractivity contribution is 5.95. The molecule has 0 saturated heterocycles. The molecule has 1 fully saturated rings. The van der Waals surface area contributed by atoms with Crippen LogP contribution in [-0.2, 0) is 4.74 Å². The lowest BCUT2D eigenvalue weighted by molar-refractivity contribution is 0.0722. The van der Waals surface area contributed by atoms with Crippen molar-refractivity contribution in [2.24, 2.45) is 0 Å². The Morgan fingerprint density at radius 2 is 2.44 bits per heavy atom. The second-order valence-electron chi connectivity index (χ2n) is 4.19. The predicted octanol–water partition coefficient (Wildman–Crippen LogP) is 1.02. The summed E-state index contributed by atoms with van der Waals surface area (Å²) in [5, 5.41) is 9.60. The number of amides is 1. The quantitative estimate of drug-likeness (QED) is 0.803. The summed E-state index contributed by atoms with van der Waals surface area (Å²) in [4.78, 5) is 11.9. The first-order valence-electron chi connectivity index (χ1n) is 5.56. The molecule has 5 heteroatoms. The minimum atomic E-state index is -0.0693. The number of aryl methyl sites for hydroxylation is 1. The molecule has 1 aliphatic carbocycles. The van der Waals surface area contributed by atoms with Crippen LogP contribution in [0.25, 0.3) is 0 Å². The van der Waals surface area contributed by atoms with Crippen molar-refractivity contribution < 1.29 is 9.53 Å². The Bertz CT molecular complexity index is 375. The van der Waals surface area contributed by atoms with Crippen molar-refractivity contribution in [1.82, 2.24) is 15.5 Å².